The van der Waals surface area contributed by atoms with E-state index in [1.807, 2.05) is 20.8 Å². The molecule has 8 nitrogen and oxygen atoms in total. The molecule has 0 saturated carbocycles. The summed E-state index contributed by atoms with van der Waals surface area (Å²) in [7, 11) is -3.63. The third-order valence-corrected chi connectivity index (χ3v) is 4.76. The second-order valence-corrected chi connectivity index (χ2v) is 8.32. The molecule has 0 radical (unpaired) electrons. The van der Waals surface area contributed by atoms with E-state index in [9.17, 15) is 13.2 Å². The third kappa shape index (κ3) is 5.58. The van der Waals surface area contributed by atoms with Gasteiger partial charge in [-0.15, -0.1) is 0 Å². The molecule has 9 heteroatoms. The lowest BCUT2D eigenvalue weighted by atomic mass is 10.1. The lowest BCUT2D eigenvalue weighted by molar-refractivity contribution is -0.135. The molecule has 0 bridgehead atoms. The molecule has 1 aromatic heterocycles. The van der Waals surface area contributed by atoms with Crippen molar-refractivity contribution >= 4 is 15.7 Å². The van der Waals surface area contributed by atoms with E-state index >= 15 is 0 Å². The van der Waals surface area contributed by atoms with Crippen LogP contribution in [0.1, 0.15) is 32.5 Å². The molecule has 23 heavy (non-hydrogen) atoms. The van der Waals surface area contributed by atoms with Gasteiger partial charge in [-0.2, -0.15) is 4.98 Å². The standard InChI is InChI=1S/C14H23N3O5S/c1-10(2)6-13-15-12(16-22-13)8-23(19,20)9-14(18)17-4-5-21-11(3)7-17/h10-11H,4-9H2,1-3H3/t11-/m1/s1. The summed E-state index contributed by atoms with van der Waals surface area (Å²) in [5, 5.41) is 3.68. The molecule has 1 saturated heterocycles. The topological polar surface area (TPSA) is 103 Å². The molecule has 1 aromatic rings. The Labute approximate surface area is 136 Å². The lowest BCUT2D eigenvalue weighted by Gasteiger charge is -2.31. The molecule has 1 amide bonds. The number of sulfone groups is 1. The van der Waals surface area contributed by atoms with Crippen molar-refractivity contribution in [3.8, 4) is 0 Å². The van der Waals surface area contributed by atoms with Crippen molar-refractivity contribution in [2.45, 2.75) is 39.0 Å². The molecule has 1 fully saturated rings. The third-order valence-electron chi connectivity index (χ3n) is 3.38. The van der Waals surface area contributed by atoms with E-state index in [0.717, 1.165) is 0 Å². The van der Waals surface area contributed by atoms with E-state index in [4.69, 9.17) is 9.26 Å². The van der Waals surface area contributed by atoms with Crippen LogP contribution in [0.15, 0.2) is 4.52 Å². The molecule has 0 unspecified atom stereocenters. The van der Waals surface area contributed by atoms with Crippen molar-refractivity contribution in [1.29, 1.82) is 0 Å². The van der Waals surface area contributed by atoms with Gasteiger partial charge in [-0.05, 0) is 12.8 Å². The first-order valence-electron chi connectivity index (χ1n) is 7.66. The summed E-state index contributed by atoms with van der Waals surface area (Å²) in [6.45, 7) is 7.11. The molecule has 1 atom stereocenters. The zero-order valence-electron chi connectivity index (χ0n) is 13.7. The Bertz CT molecular complexity index is 641. The molecule has 0 aliphatic carbocycles. The van der Waals surface area contributed by atoms with Crippen LogP contribution in [-0.4, -0.2) is 60.9 Å². The molecular formula is C14H23N3O5S. The minimum atomic E-state index is -3.63. The van der Waals surface area contributed by atoms with E-state index in [0.29, 0.717) is 37.9 Å². The van der Waals surface area contributed by atoms with Gasteiger partial charge in [0.1, 0.15) is 11.5 Å². The highest BCUT2D eigenvalue weighted by molar-refractivity contribution is 7.91. The Balaban J connectivity index is 1.93. The fourth-order valence-corrected chi connectivity index (χ4v) is 3.52. The Morgan fingerprint density at radius 2 is 2.17 bits per heavy atom. The number of carbonyl (C=O) groups is 1. The molecule has 1 aliphatic rings. The van der Waals surface area contributed by atoms with Crippen LogP contribution < -0.4 is 0 Å². The summed E-state index contributed by atoms with van der Waals surface area (Å²) in [6.07, 6.45) is 0.517. The molecule has 2 rings (SSSR count). The van der Waals surface area contributed by atoms with Crippen LogP contribution >= 0.6 is 0 Å². The number of ether oxygens (including phenoxy) is 1. The average Bonchev–Trinajstić information content (AvgIpc) is 2.83. The normalized spacial score (nSPS) is 19.3. The number of nitrogens with zero attached hydrogens (tertiary/aromatic N) is 3. The van der Waals surface area contributed by atoms with Crippen LogP contribution in [0.2, 0.25) is 0 Å². The molecule has 0 spiro atoms. The van der Waals surface area contributed by atoms with E-state index in [1.54, 1.807) is 0 Å². The van der Waals surface area contributed by atoms with Gasteiger partial charge in [-0.1, -0.05) is 19.0 Å². The van der Waals surface area contributed by atoms with Gasteiger partial charge >= 0.3 is 0 Å². The second-order valence-electron chi connectivity index (χ2n) is 6.26. The zero-order valence-corrected chi connectivity index (χ0v) is 14.5. The van der Waals surface area contributed by atoms with Gasteiger partial charge in [-0.3, -0.25) is 4.79 Å². The van der Waals surface area contributed by atoms with Gasteiger partial charge in [0.2, 0.25) is 11.8 Å². The van der Waals surface area contributed by atoms with Crippen molar-refractivity contribution in [1.82, 2.24) is 15.0 Å². The summed E-state index contributed by atoms with van der Waals surface area (Å²) in [6, 6.07) is 0. The van der Waals surface area contributed by atoms with Crippen LogP contribution in [0.5, 0.6) is 0 Å². The van der Waals surface area contributed by atoms with E-state index in [1.165, 1.54) is 4.90 Å². The average molecular weight is 345 g/mol. The zero-order chi connectivity index (χ0) is 17.0. The Hall–Kier alpha value is -1.48. The highest BCUT2D eigenvalue weighted by Crippen LogP contribution is 2.10. The van der Waals surface area contributed by atoms with Gasteiger partial charge in [0.25, 0.3) is 0 Å². The Kier molecular flexibility index (Phi) is 5.74. The highest BCUT2D eigenvalue weighted by Gasteiger charge is 2.27. The van der Waals surface area contributed by atoms with Crippen molar-refractivity contribution < 1.29 is 22.5 Å². The van der Waals surface area contributed by atoms with Gasteiger partial charge in [0.15, 0.2) is 15.7 Å². The number of rotatable bonds is 6. The number of hydrogen-bond donors (Lipinski definition) is 0. The summed E-state index contributed by atoms with van der Waals surface area (Å²) in [5.74, 6) is -0.494. The molecule has 1 aliphatic heterocycles. The van der Waals surface area contributed by atoms with Crippen LogP contribution in [0.3, 0.4) is 0 Å². The second kappa shape index (κ2) is 7.39. The maximum absolute atomic E-state index is 12.2. The summed E-state index contributed by atoms with van der Waals surface area (Å²) in [5.41, 5.74) is 0. The predicted molar refractivity (Wildman–Crippen MR) is 82.3 cm³/mol. The number of morpholine rings is 1. The maximum Gasteiger partial charge on any atom is 0.237 e. The SMILES string of the molecule is CC(C)Cc1nc(CS(=O)(=O)CC(=O)N2CCO[C@H](C)C2)no1. The van der Waals surface area contributed by atoms with Crippen molar-refractivity contribution in [3.63, 3.8) is 0 Å². The predicted octanol–water partition coefficient (Wildman–Crippen LogP) is 0.430. The summed E-state index contributed by atoms with van der Waals surface area (Å²) in [4.78, 5) is 17.7. The number of carbonyl (C=O) groups excluding carboxylic acids is 1. The van der Waals surface area contributed by atoms with Crippen molar-refractivity contribution in [2.75, 3.05) is 25.4 Å². The van der Waals surface area contributed by atoms with Crippen molar-refractivity contribution in [3.05, 3.63) is 11.7 Å². The fraction of sp³-hybridized carbons (Fsp3) is 0.786. The molecular weight excluding hydrogens is 322 g/mol. The monoisotopic (exact) mass is 345 g/mol. The molecule has 0 aromatic carbocycles. The first-order chi connectivity index (χ1) is 10.7. The molecule has 130 valence electrons. The first-order valence-corrected chi connectivity index (χ1v) is 9.48. The Morgan fingerprint density at radius 3 is 2.83 bits per heavy atom. The van der Waals surface area contributed by atoms with Crippen LogP contribution in [0.25, 0.3) is 0 Å². The number of aromatic nitrogens is 2. The minimum absolute atomic E-state index is 0.0776. The number of amides is 1. The molecule has 2 heterocycles. The van der Waals surface area contributed by atoms with E-state index < -0.39 is 21.5 Å². The van der Waals surface area contributed by atoms with Crippen LogP contribution in [0, 0.1) is 5.92 Å². The van der Waals surface area contributed by atoms with Gasteiger partial charge in [-0.25, -0.2) is 8.42 Å². The summed E-state index contributed by atoms with van der Waals surface area (Å²) >= 11 is 0. The minimum Gasteiger partial charge on any atom is -0.375 e. The molecule has 0 N–H and O–H groups in total. The van der Waals surface area contributed by atoms with Crippen LogP contribution in [0.4, 0.5) is 0 Å². The van der Waals surface area contributed by atoms with Crippen LogP contribution in [-0.2, 0) is 31.5 Å². The summed E-state index contributed by atoms with van der Waals surface area (Å²) < 4.78 is 34.7. The smallest absolute Gasteiger partial charge is 0.237 e. The van der Waals surface area contributed by atoms with Crippen molar-refractivity contribution in [2.24, 2.45) is 5.92 Å². The van der Waals surface area contributed by atoms with Gasteiger partial charge in [0.05, 0.1) is 12.7 Å². The van der Waals surface area contributed by atoms with E-state index in [-0.39, 0.29) is 17.7 Å². The van der Waals surface area contributed by atoms with E-state index in [2.05, 4.69) is 10.1 Å². The highest BCUT2D eigenvalue weighted by atomic mass is 32.2. The lowest BCUT2D eigenvalue weighted by Crippen LogP contribution is -2.46. The van der Waals surface area contributed by atoms with Gasteiger partial charge in [0, 0.05) is 19.5 Å². The van der Waals surface area contributed by atoms with Gasteiger partial charge < -0.3 is 14.2 Å². The maximum atomic E-state index is 12.2. The fourth-order valence-electron chi connectivity index (χ4n) is 2.35. The number of hydrogen-bond acceptors (Lipinski definition) is 7. The largest absolute Gasteiger partial charge is 0.375 e. The Morgan fingerprint density at radius 1 is 1.43 bits per heavy atom. The quantitative estimate of drug-likeness (QED) is 0.736. The first kappa shape index (κ1) is 17.9.